The molecule has 1 amide bonds. The van der Waals surface area contributed by atoms with Gasteiger partial charge in [0.2, 0.25) is 5.91 Å². The zero-order valence-electron chi connectivity index (χ0n) is 18.8. The number of hydrogen-bond acceptors (Lipinski definition) is 4. The standard InChI is InChI=1S/C26H34N4O.ClH/c31-26(30-12-10-22-6-1-2-7-23(22)19-30)9-3-8-25-24-13-21(15-28-25)17-29(18-24)16-20-5-4-11-27-14-20;/h1-2,4-7,11,14,21,24-25,28H,3,8-10,12-13,15-19H2;1H/t21?,24?,25-;/m1./s1. The Morgan fingerprint density at radius 2 is 2.00 bits per heavy atom. The first-order valence-electron chi connectivity index (χ1n) is 11.9. The number of carbonyl (C=O) groups excluding carboxylic acids is 1. The molecule has 3 atom stereocenters. The van der Waals surface area contributed by atoms with E-state index in [0.717, 1.165) is 57.9 Å². The van der Waals surface area contributed by atoms with Gasteiger partial charge in [0, 0.05) is 57.6 Å². The number of halogens is 1. The van der Waals surface area contributed by atoms with Crippen molar-refractivity contribution >= 4 is 18.3 Å². The second-order valence-electron chi connectivity index (χ2n) is 9.66. The first-order chi connectivity index (χ1) is 15.2. The first kappa shape index (κ1) is 23.2. The van der Waals surface area contributed by atoms with Crippen LogP contribution in [-0.2, 0) is 24.3 Å². The van der Waals surface area contributed by atoms with Crippen LogP contribution in [0.5, 0.6) is 0 Å². The lowest BCUT2D eigenvalue weighted by Gasteiger charge is -2.46. The third-order valence-corrected chi connectivity index (χ3v) is 7.40. The summed E-state index contributed by atoms with van der Waals surface area (Å²) < 4.78 is 0. The topological polar surface area (TPSA) is 48.5 Å². The number of nitrogens with one attached hydrogen (secondary N) is 1. The van der Waals surface area contributed by atoms with Gasteiger partial charge in [-0.05, 0) is 66.8 Å². The summed E-state index contributed by atoms with van der Waals surface area (Å²) in [6, 6.07) is 13.3. The average molecular weight is 455 g/mol. The molecule has 172 valence electrons. The zero-order valence-corrected chi connectivity index (χ0v) is 19.6. The van der Waals surface area contributed by atoms with E-state index in [9.17, 15) is 4.79 Å². The molecule has 0 aliphatic carbocycles. The van der Waals surface area contributed by atoms with Crippen molar-refractivity contribution in [1.82, 2.24) is 20.1 Å². The third kappa shape index (κ3) is 5.51. The molecular weight excluding hydrogens is 420 g/mol. The Hall–Kier alpha value is -1.95. The maximum absolute atomic E-state index is 12.8. The van der Waals surface area contributed by atoms with E-state index in [2.05, 4.69) is 50.4 Å². The number of benzene rings is 1. The molecule has 0 spiro atoms. The van der Waals surface area contributed by atoms with Crippen LogP contribution in [0.1, 0.15) is 42.4 Å². The quantitative estimate of drug-likeness (QED) is 0.723. The number of fused-ring (bicyclic) bond motifs is 3. The lowest BCUT2D eigenvalue weighted by molar-refractivity contribution is -0.132. The van der Waals surface area contributed by atoms with Crippen LogP contribution in [0, 0.1) is 11.8 Å². The zero-order chi connectivity index (χ0) is 21.0. The van der Waals surface area contributed by atoms with Gasteiger partial charge in [-0.3, -0.25) is 14.7 Å². The molecule has 1 N–H and O–H groups in total. The van der Waals surface area contributed by atoms with Crippen molar-refractivity contribution in [2.75, 3.05) is 26.2 Å². The maximum Gasteiger partial charge on any atom is 0.222 e. The molecule has 2 saturated heterocycles. The molecule has 2 unspecified atom stereocenters. The fraction of sp³-hybridized carbons (Fsp3) is 0.538. The summed E-state index contributed by atoms with van der Waals surface area (Å²) in [4.78, 5) is 21.8. The van der Waals surface area contributed by atoms with E-state index in [1.54, 1.807) is 0 Å². The monoisotopic (exact) mass is 454 g/mol. The highest BCUT2D eigenvalue weighted by Gasteiger charge is 2.36. The molecule has 4 heterocycles. The molecule has 3 aliphatic heterocycles. The Morgan fingerprint density at radius 3 is 2.84 bits per heavy atom. The molecule has 5 nitrogen and oxygen atoms in total. The summed E-state index contributed by atoms with van der Waals surface area (Å²) in [6.07, 6.45) is 8.92. The molecule has 2 aromatic rings. The van der Waals surface area contributed by atoms with Gasteiger partial charge in [0.05, 0.1) is 0 Å². The minimum absolute atomic E-state index is 0. The molecule has 0 radical (unpaired) electrons. The van der Waals surface area contributed by atoms with E-state index in [0.29, 0.717) is 24.3 Å². The van der Waals surface area contributed by atoms with Crippen molar-refractivity contribution in [2.45, 2.75) is 51.2 Å². The minimum Gasteiger partial charge on any atom is -0.338 e. The number of rotatable bonds is 6. The summed E-state index contributed by atoms with van der Waals surface area (Å²) in [5.41, 5.74) is 4.03. The number of carbonyl (C=O) groups is 1. The predicted molar refractivity (Wildman–Crippen MR) is 130 cm³/mol. The number of amides is 1. The van der Waals surface area contributed by atoms with Crippen molar-refractivity contribution in [1.29, 1.82) is 0 Å². The molecule has 1 aromatic carbocycles. The molecule has 2 bridgehead atoms. The largest absolute Gasteiger partial charge is 0.338 e. The first-order valence-corrected chi connectivity index (χ1v) is 11.9. The Morgan fingerprint density at radius 1 is 1.12 bits per heavy atom. The molecule has 1 aromatic heterocycles. The summed E-state index contributed by atoms with van der Waals surface area (Å²) in [5.74, 6) is 1.77. The van der Waals surface area contributed by atoms with Crippen molar-refractivity contribution in [3.05, 3.63) is 65.5 Å². The fourth-order valence-electron chi connectivity index (χ4n) is 5.83. The number of pyridine rings is 1. The van der Waals surface area contributed by atoms with Crippen molar-refractivity contribution in [2.24, 2.45) is 11.8 Å². The van der Waals surface area contributed by atoms with Gasteiger partial charge in [-0.2, -0.15) is 0 Å². The van der Waals surface area contributed by atoms with E-state index in [1.807, 2.05) is 18.5 Å². The van der Waals surface area contributed by atoms with Crippen LogP contribution in [0.3, 0.4) is 0 Å². The van der Waals surface area contributed by atoms with E-state index < -0.39 is 0 Å². The van der Waals surface area contributed by atoms with Crippen LogP contribution in [0.2, 0.25) is 0 Å². The van der Waals surface area contributed by atoms with Gasteiger partial charge in [-0.25, -0.2) is 0 Å². The number of likely N-dealkylation sites (tertiary alicyclic amines) is 1. The van der Waals surface area contributed by atoms with Crippen molar-refractivity contribution in [3.63, 3.8) is 0 Å². The Balaban J connectivity index is 0.00000245. The van der Waals surface area contributed by atoms with E-state index in [1.165, 1.54) is 29.7 Å². The minimum atomic E-state index is 0. The predicted octanol–water partition coefficient (Wildman–Crippen LogP) is 3.67. The molecule has 5 rings (SSSR count). The normalized spacial score (nSPS) is 25.0. The number of aromatic nitrogens is 1. The van der Waals surface area contributed by atoms with Gasteiger partial charge in [0.1, 0.15) is 0 Å². The Bertz CT molecular complexity index is 892. The second kappa shape index (κ2) is 10.8. The SMILES string of the molecule is Cl.O=C(CCC[C@H]1NCC2CC1CN(Cc1cccnc1)C2)N1CCc2ccccc2C1. The van der Waals surface area contributed by atoms with Crippen molar-refractivity contribution in [3.8, 4) is 0 Å². The van der Waals surface area contributed by atoms with Crippen LogP contribution in [0.25, 0.3) is 0 Å². The second-order valence-corrected chi connectivity index (χ2v) is 9.66. The van der Waals surface area contributed by atoms with Crippen LogP contribution in [0.4, 0.5) is 0 Å². The van der Waals surface area contributed by atoms with Gasteiger partial charge in [-0.1, -0.05) is 30.3 Å². The van der Waals surface area contributed by atoms with E-state index in [-0.39, 0.29) is 12.4 Å². The lowest BCUT2D eigenvalue weighted by atomic mass is 9.79. The van der Waals surface area contributed by atoms with Crippen LogP contribution >= 0.6 is 12.4 Å². The average Bonchev–Trinajstić information content (AvgIpc) is 2.81. The molecule has 6 heteroatoms. The highest BCUT2D eigenvalue weighted by Crippen LogP contribution is 2.31. The Labute approximate surface area is 198 Å². The van der Waals surface area contributed by atoms with Gasteiger partial charge in [0.15, 0.2) is 0 Å². The fourth-order valence-corrected chi connectivity index (χ4v) is 5.83. The summed E-state index contributed by atoms with van der Waals surface area (Å²) in [6.45, 7) is 6.10. The van der Waals surface area contributed by atoms with Crippen LogP contribution in [-0.4, -0.2) is 52.9 Å². The molecule has 0 saturated carbocycles. The maximum atomic E-state index is 12.8. The van der Waals surface area contributed by atoms with Crippen LogP contribution in [0.15, 0.2) is 48.8 Å². The summed E-state index contributed by atoms with van der Waals surface area (Å²) in [5, 5.41) is 3.81. The highest BCUT2D eigenvalue weighted by molar-refractivity contribution is 5.85. The Kier molecular flexibility index (Phi) is 7.82. The molecule has 32 heavy (non-hydrogen) atoms. The third-order valence-electron chi connectivity index (χ3n) is 7.40. The van der Waals surface area contributed by atoms with Gasteiger partial charge >= 0.3 is 0 Å². The van der Waals surface area contributed by atoms with Gasteiger partial charge < -0.3 is 10.2 Å². The molecule has 3 aliphatic rings. The van der Waals surface area contributed by atoms with E-state index in [4.69, 9.17) is 0 Å². The lowest BCUT2D eigenvalue weighted by Crippen LogP contribution is -2.55. The number of piperidine rings is 2. The van der Waals surface area contributed by atoms with Gasteiger partial charge in [0.25, 0.3) is 0 Å². The summed E-state index contributed by atoms with van der Waals surface area (Å²) in [7, 11) is 0. The van der Waals surface area contributed by atoms with Gasteiger partial charge in [-0.15, -0.1) is 12.4 Å². The van der Waals surface area contributed by atoms with E-state index >= 15 is 0 Å². The smallest absolute Gasteiger partial charge is 0.222 e. The molecule has 2 fully saturated rings. The summed E-state index contributed by atoms with van der Waals surface area (Å²) >= 11 is 0. The van der Waals surface area contributed by atoms with Crippen molar-refractivity contribution < 1.29 is 4.79 Å². The number of nitrogens with zero attached hydrogens (tertiary/aromatic N) is 3. The molecular formula is C26H35ClN4O. The van der Waals surface area contributed by atoms with Crippen LogP contribution < -0.4 is 5.32 Å². The highest BCUT2D eigenvalue weighted by atomic mass is 35.5. The number of hydrogen-bond donors (Lipinski definition) is 1.